The van der Waals surface area contributed by atoms with Crippen molar-refractivity contribution in [1.82, 2.24) is 19.7 Å². The summed E-state index contributed by atoms with van der Waals surface area (Å²) in [5.74, 6) is -0.859. The maximum atomic E-state index is 13.2. The molecular formula is C27H32N6O3. The van der Waals surface area contributed by atoms with Crippen LogP contribution < -0.4 is 4.90 Å². The van der Waals surface area contributed by atoms with Gasteiger partial charge < -0.3 is 24.0 Å². The topological polar surface area (TPSA) is 96.9 Å². The lowest BCUT2D eigenvalue weighted by atomic mass is 9.93. The van der Waals surface area contributed by atoms with E-state index in [0.717, 1.165) is 41.9 Å². The van der Waals surface area contributed by atoms with Crippen molar-refractivity contribution < 1.29 is 14.0 Å². The third-order valence-electron chi connectivity index (χ3n) is 6.85. The molecule has 2 heterocycles. The molecule has 4 rings (SSSR count). The van der Waals surface area contributed by atoms with Crippen LogP contribution in [0.15, 0.2) is 34.7 Å². The number of carbonyl (C=O) groups excluding carboxylic acids is 2. The van der Waals surface area contributed by atoms with E-state index in [9.17, 15) is 14.9 Å². The molecule has 2 aromatic carbocycles. The molecule has 0 saturated carbocycles. The van der Waals surface area contributed by atoms with Crippen LogP contribution >= 0.6 is 0 Å². The maximum Gasteiger partial charge on any atom is 0.309 e. The van der Waals surface area contributed by atoms with E-state index in [1.807, 2.05) is 37.3 Å². The normalized spacial score (nSPS) is 15.4. The number of carbonyl (C=O) groups is 2. The zero-order chi connectivity index (χ0) is 26.1. The third kappa shape index (κ3) is 4.52. The SMILES string of the molecule is Cc1c(-c2ccccc2)c(N2CC[C@H](N(C)C)C2)c2oc(C(=O)N(C)CC(=O)N(C)C)nc2c1C#N. The molecule has 0 spiro atoms. The molecule has 1 aliphatic rings. The average Bonchev–Trinajstić information content (AvgIpc) is 3.51. The van der Waals surface area contributed by atoms with Crippen molar-refractivity contribution in [3.8, 4) is 17.2 Å². The number of aromatic nitrogens is 1. The second kappa shape index (κ2) is 9.99. The van der Waals surface area contributed by atoms with Crippen molar-refractivity contribution >= 4 is 28.6 Å². The predicted molar refractivity (Wildman–Crippen MR) is 139 cm³/mol. The number of amides is 2. The van der Waals surface area contributed by atoms with E-state index in [2.05, 4.69) is 34.9 Å². The van der Waals surface area contributed by atoms with Gasteiger partial charge in [0, 0.05) is 45.8 Å². The van der Waals surface area contributed by atoms with Gasteiger partial charge in [-0.1, -0.05) is 30.3 Å². The summed E-state index contributed by atoms with van der Waals surface area (Å²) in [4.78, 5) is 37.0. The number of nitrogens with zero attached hydrogens (tertiary/aromatic N) is 6. The van der Waals surface area contributed by atoms with Gasteiger partial charge in [0.25, 0.3) is 5.89 Å². The summed E-state index contributed by atoms with van der Waals surface area (Å²) in [6.45, 7) is 3.41. The Morgan fingerprint density at radius 3 is 2.44 bits per heavy atom. The molecule has 1 saturated heterocycles. The highest BCUT2D eigenvalue weighted by Gasteiger charge is 2.33. The third-order valence-corrected chi connectivity index (χ3v) is 6.85. The number of oxazole rings is 1. The Kier molecular flexibility index (Phi) is 7.00. The van der Waals surface area contributed by atoms with Gasteiger partial charge in [0.2, 0.25) is 5.91 Å². The highest BCUT2D eigenvalue weighted by atomic mass is 16.4. The molecule has 0 unspecified atom stereocenters. The van der Waals surface area contributed by atoms with Gasteiger partial charge in [-0.2, -0.15) is 5.26 Å². The number of hydrogen-bond acceptors (Lipinski definition) is 7. The monoisotopic (exact) mass is 488 g/mol. The van der Waals surface area contributed by atoms with Crippen LogP contribution in [0.5, 0.6) is 0 Å². The van der Waals surface area contributed by atoms with Crippen molar-refractivity contribution in [2.45, 2.75) is 19.4 Å². The minimum atomic E-state index is -0.511. The van der Waals surface area contributed by atoms with Gasteiger partial charge in [0.1, 0.15) is 11.6 Å². The second-order valence-electron chi connectivity index (χ2n) is 9.70. The van der Waals surface area contributed by atoms with E-state index in [-0.39, 0.29) is 18.3 Å². The Balaban J connectivity index is 1.91. The molecule has 0 bridgehead atoms. The summed E-state index contributed by atoms with van der Waals surface area (Å²) in [5, 5.41) is 10.1. The van der Waals surface area contributed by atoms with E-state index in [4.69, 9.17) is 4.42 Å². The molecule has 2 amide bonds. The van der Waals surface area contributed by atoms with Crippen LogP contribution in [0, 0.1) is 18.3 Å². The van der Waals surface area contributed by atoms with Gasteiger partial charge in [0.05, 0.1) is 17.8 Å². The fourth-order valence-corrected chi connectivity index (χ4v) is 4.68. The summed E-state index contributed by atoms with van der Waals surface area (Å²) < 4.78 is 6.16. The molecule has 3 aromatic rings. The van der Waals surface area contributed by atoms with Crippen LogP contribution in [0.3, 0.4) is 0 Å². The minimum absolute atomic E-state index is 0.104. The van der Waals surface area contributed by atoms with Gasteiger partial charge in [-0.25, -0.2) is 4.98 Å². The molecular weight excluding hydrogens is 456 g/mol. The average molecular weight is 489 g/mol. The number of anilines is 1. The van der Waals surface area contributed by atoms with Crippen molar-refractivity contribution in [1.29, 1.82) is 5.26 Å². The first-order chi connectivity index (χ1) is 17.1. The molecule has 188 valence electrons. The lowest BCUT2D eigenvalue weighted by molar-refractivity contribution is -0.129. The minimum Gasteiger partial charge on any atom is -0.430 e. The zero-order valence-corrected chi connectivity index (χ0v) is 21.7. The Morgan fingerprint density at radius 1 is 1.17 bits per heavy atom. The maximum absolute atomic E-state index is 13.2. The summed E-state index contributed by atoms with van der Waals surface area (Å²) in [7, 11) is 8.95. The predicted octanol–water partition coefficient (Wildman–Crippen LogP) is 2.98. The molecule has 1 fully saturated rings. The number of fused-ring (bicyclic) bond motifs is 1. The summed E-state index contributed by atoms with van der Waals surface area (Å²) >= 11 is 0. The number of benzene rings is 2. The van der Waals surface area contributed by atoms with Crippen LogP contribution in [0.25, 0.3) is 22.2 Å². The van der Waals surface area contributed by atoms with Crippen LogP contribution in [0.4, 0.5) is 5.69 Å². The Labute approximate surface area is 211 Å². The highest BCUT2D eigenvalue weighted by molar-refractivity contribution is 6.04. The van der Waals surface area contributed by atoms with Crippen molar-refractivity contribution in [3.05, 3.63) is 47.3 Å². The van der Waals surface area contributed by atoms with Gasteiger partial charge in [0.15, 0.2) is 5.58 Å². The van der Waals surface area contributed by atoms with E-state index >= 15 is 0 Å². The largest absolute Gasteiger partial charge is 0.430 e. The fraction of sp³-hybridized carbons (Fsp3) is 0.407. The zero-order valence-electron chi connectivity index (χ0n) is 21.7. The molecule has 0 N–H and O–H groups in total. The molecule has 1 atom stereocenters. The van der Waals surface area contributed by atoms with Crippen molar-refractivity contribution in [2.24, 2.45) is 0 Å². The number of likely N-dealkylation sites (N-methyl/N-ethyl adjacent to an activating group) is 3. The smallest absolute Gasteiger partial charge is 0.309 e. The molecule has 1 aliphatic heterocycles. The second-order valence-corrected chi connectivity index (χ2v) is 9.70. The molecule has 1 aromatic heterocycles. The van der Waals surface area contributed by atoms with Crippen LogP contribution in [0.2, 0.25) is 0 Å². The molecule has 36 heavy (non-hydrogen) atoms. The lowest BCUT2D eigenvalue weighted by Crippen LogP contribution is -2.37. The molecule has 0 aliphatic carbocycles. The van der Waals surface area contributed by atoms with E-state index < -0.39 is 5.91 Å². The first-order valence-electron chi connectivity index (χ1n) is 11.9. The fourth-order valence-electron chi connectivity index (χ4n) is 4.68. The number of nitriles is 1. The summed E-state index contributed by atoms with van der Waals surface area (Å²) in [6, 6.07) is 12.6. The van der Waals surface area contributed by atoms with Gasteiger partial charge in [-0.15, -0.1) is 0 Å². The first-order valence-corrected chi connectivity index (χ1v) is 11.9. The van der Waals surface area contributed by atoms with Crippen LogP contribution in [-0.4, -0.2) is 92.4 Å². The quantitative estimate of drug-likeness (QED) is 0.526. The van der Waals surface area contributed by atoms with Gasteiger partial charge in [-0.3, -0.25) is 9.59 Å². The highest BCUT2D eigenvalue weighted by Crippen LogP contribution is 2.44. The van der Waals surface area contributed by atoms with Crippen molar-refractivity contribution in [3.63, 3.8) is 0 Å². The van der Waals surface area contributed by atoms with Crippen LogP contribution in [-0.2, 0) is 4.79 Å². The van der Waals surface area contributed by atoms with Crippen molar-refractivity contribution in [2.75, 3.05) is 59.8 Å². The van der Waals surface area contributed by atoms with Gasteiger partial charge >= 0.3 is 5.91 Å². The van der Waals surface area contributed by atoms with E-state index in [1.54, 1.807) is 14.1 Å². The van der Waals surface area contributed by atoms with Gasteiger partial charge in [-0.05, 0) is 38.6 Å². The summed E-state index contributed by atoms with van der Waals surface area (Å²) in [5.41, 5.74) is 4.68. The Hall–Kier alpha value is -3.90. The molecule has 0 radical (unpaired) electrons. The Bertz CT molecular complexity index is 1340. The van der Waals surface area contributed by atoms with Crippen LogP contribution in [0.1, 0.15) is 28.2 Å². The standard InChI is InChI=1S/C27H32N6O3/c1-17-20(14-28)23-25(36-26(29-23)27(35)32(6)16-21(34)31(4)5)24(22(17)18-10-8-7-9-11-18)33-13-12-19(15-33)30(2)3/h7-11,19H,12-13,15-16H2,1-6H3/t19-/m0/s1. The molecule has 9 heteroatoms. The van der Waals surface area contributed by atoms with E-state index in [0.29, 0.717) is 22.7 Å². The Morgan fingerprint density at radius 2 is 1.86 bits per heavy atom. The molecule has 9 nitrogen and oxygen atoms in total. The first kappa shape index (κ1) is 25.2. The lowest BCUT2D eigenvalue weighted by Gasteiger charge is -2.25. The van der Waals surface area contributed by atoms with E-state index in [1.165, 1.54) is 16.8 Å². The number of rotatable bonds is 6. The number of hydrogen-bond donors (Lipinski definition) is 0. The summed E-state index contributed by atoms with van der Waals surface area (Å²) in [6.07, 6.45) is 0.983.